The van der Waals surface area contributed by atoms with E-state index < -0.39 is 16.7 Å². The van der Waals surface area contributed by atoms with E-state index in [1.807, 2.05) is 6.92 Å². The smallest absolute Gasteiger partial charge is 0.291 e. The van der Waals surface area contributed by atoms with Crippen molar-refractivity contribution >= 4 is 28.9 Å². The van der Waals surface area contributed by atoms with E-state index >= 15 is 0 Å². The third kappa shape index (κ3) is 4.94. The molecule has 0 aliphatic heterocycles. The lowest BCUT2D eigenvalue weighted by molar-refractivity contribution is -0.385. The molecule has 13 heteroatoms. The highest BCUT2D eigenvalue weighted by molar-refractivity contribution is 6.11. The van der Waals surface area contributed by atoms with Crippen LogP contribution in [0.15, 0.2) is 47.1 Å². The van der Waals surface area contributed by atoms with Crippen molar-refractivity contribution in [2.75, 3.05) is 10.6 Å². The van der Waals surface area contributed by atoms with E-state index in [1.54, 1.807) is 37.8 Å². The molecule has 186 valence electrons. The topological polar surface area (TPSA) is 159 Å². The minimum atomic E-state index is -0.577. The Morgan fingerprint density at radius 2 is 1.72 bits per heavy atom. The lowest BCUT2D eigenvalue weighted by Gasteiger charge is -2.08. The average Bonchev–Trinajstić information content (AvgIpc) is 3.53. The first kappa shape index (κ1) is 24.2. The molecule has 3 aromatic heterocycles. The fourth-order valence-electron chi connectivity index (χ4n) is 3.44. The van der Waals surface area contributed by atoms with Gasteiger partial charge in [-0.2, -0.15) is 10.2 Å². The Morgan fingerprint density at radius 3 is 2.39 bits per heavy atom. The standard InChI is InChI=1S/C23H23N7O6/c1-13-9-15(5-7-19(13)30(33)34)35-12-16-6-8-20(36-16)22(31)27-18-11-25-29(4)21(18)23(32)26-17-10-24-28(3)14(17)2/h5-11H,12H2,1-4H3,(H,26,32)(H,27,31). The van der Waals surface area contributed by atoms with Crippen molar-refractivity contribution in [1.29, 1.82) is 0 Å². The number of amides is 2. The molecule has 0 atom stereocenters. The largest absolute Gasteiger partial charge is 0.486 e. The van der Waals surface area contributed by atoms with E-state index in [2.05, 4.69) is 20.8 Å². The van der Waals surface area contributed by atoms with Gasteiger partial charge in [-0.25, -0.2) is 0 Å². The van der Waals surface area contributed by atoms with Crippen LogP contribution in [0.4, 0.5) is 17.1 Å². The fourth-order valence-corrected chi connectivity index (χ4v) is 3.44. The third-order valence-electron chi connectivity index (χ3n) is 5.52. The number of ether oxygens (including phenoxy) is 1. The number of carbonyl (C=O) groups excluding carboxylic acids is 2. The highest BCUT2D eigenvalue weighted by Gasteiger charge is 2.22. The molecule has 0 aliphatic rings. The number of aromatic nitrogens is 4. The number of carbonyl (C=O) groups is 2. The van der Waals surface area contributed by atoms with Crippen molar-refractivity contribution in [3.8, 4) is 5.75 Å². The minimum Gasteiger partial charge on any atom is -0.486 e. The van der Waals surface area contributed by atoms with Gasteiger partial charge in [-0.1, -0.05) is 0 Å². The molecule has 0 bridgehead atoms. The van der Waals surface area contributed by atoms with Crippen LogP contribution in [0.25, 0.3) is 0 Å². The predicted molar refractivity (Wildman–Crippen MR) is 128 cm³/mol. The summed E-state index contributed by atoms with van der Waals surface area (Å²) in [5.41, 5.74) is 2.13. The molecule has 0 radical (unpaired) electrons. The summed E-state index contributed by atoms with van der Waals surface area (Å²) in [5, 5.41) is 24.5. The predicted octanol–water partition coefficient (Wildman–Crippen LogP) is 3.36. The molecule has 0 fully saturated rings. The second-order valence-electron chi connectivity index (χ2n) is 7.97. The molecule has 2 amide bonds. The number of nitro groups is 1. The van der Waals surface area contributed by atoms with Crippen LogP contribution in [-0.4, -0.2) is 36.3 Å². The Kier molecular flexibility index (Phi) is 6.54. The van der Waals surface area contributed by atoms with Crippen LogP contribution in [0.2, 0.25) is 0 Å². The summed E-state index contributed by atoms with van der Waals surface area (Å²) in [6.07, 6.45) is 2.90. The summed E-state index contributed by atoms with van der Waals surface area (Å²) in [7, 11) is 3.35. The number of rotatable bonds is 8. The van der Waals surface area contributed by atoms with Crippen LogP contribution in [0.3, 0.4) is 0 Å². The molecule has 0 spiro atoms. The Balaban J connectivity index is 1.41. The lowest BCUT2D eigenvalue weighted by atomic mass is 10.2. The van der Waals surface area contributed by atoms with Crippen molar-refractivity contribution < 1.29 is 23.7 Å². The molecule has 36 heavy (non-hydrogen) atoms. The maximum absolute atomic E-state index is 12.9. The number of nitro benzene ring substituents is 1. The molecule has 2 N–H and O–H groups in total. The number of benzene rings is 1. The number of anilines is 2. The molecule has 0 saturated heterocycles. The summed E-state index contributed by atoms with van der Waals surface area (Å²) in [6, 6.07) is 7.46. The number of nitrogens with one attached hydrogen (secondary N) is 2. The van der Waals surface area contributed by atoms with Crippen LogP contribution < -0.4 is 15.4 Å². The second-order valence-corrected chi connectivity index (χ2v) is 7.97. The summed E-state index contributed by atoms with van der Waals surface area (Å²) in [6.45, 7) is 3.44. The molecule has 13 nitrogen and oxygen atoms in total. The maximum atomic E-state index is 12.9. The van der Waals surface area contributed by atoms with Gasteiger partial charge in [0.25, 0.3) is 17.5 Å². The van der Waals surface area contributed by atoms with Gasteiger partial charge in [0.1, 0.15) is 23.8 Å². The Morgan fingerprint density at radius 1 is 1.03 bits per heavy atom. The average molecular weight is 493 g/mol. The summed E-state index contributed by atoms with van der Waals surface area (Å²) >= 11 is 0. The van der Waals surface area contributed by atoms with E-state index in [4.69, 9.17) is 9.15 Å². The van der Waals surface area contributed by atoms with Gasteiger partial charge in [-0.05, 0) is 38.1 Å². The van der Waals surface area contributed by atoms with Crippen LogP contribution >= 0.6 is 0 Å². The minimum absolute atomic E-state index is 0.00155. The van der Waals surface area contributed by atoms with Crippen LogP contribution in [0.5, 0.6) is 5.75 Å². The van der Waals surface area contributed by atoms with Crippen LogP contribution in [-0.2, 0) is 20.7 Å². The number of aryl methyl sites for hydroxylation is 3. The molecule has 0 unspecified atom stereocenters. The van der Waals surface area contributed by atoms with E-state index in [-0.39, 0.29) is 29.4 Å². The van der Waals surface area contributed by atoms with Crippen molar-refractivity contribution in [3.05, 3.63) is 81.3 Å². The summed E-state index contributed by atoms with van der Waals surface area (Å²) in [4.78, 5) is 36.1. The van der Waals surface area contributed by atoms with Gasteiger partial charge in [0, 0.05) is 25.7 Å². The molecule has 3 heterocycles. The number of hydrogen-bond donors (Lipinski definition) is 2. The van der Waals surface area contributed by atoms with E-state index in [1.165, 1.54) is 35.3 Å². The number of hydrogen-bond acceptors (Lipinski definition) is 8. The van der Waals surface area contributed by atoms with E-state index in [0.717, 1.165) is 5.69 Å². The molecule has 4 aromatic rings. The Bertz CT molecular complexity index is 1470. The Labute approximate surface area is 204 Å². The van der Waals surface area contributed by atoms with E-state index in [0.29, 0.717) is 22.8 Å². The molecular formula is C23H23N7O6. The normalized spacial score (nSPS) is 10.8. The quantitative estimate of drug-likeness (QED) is 0.279. The highest BCUT2D eigenvalue weighted by atomic mass is 16.6. The first-order valence-corrected chi connectivity index (χ1v) is 10.7. The summed E-state index contributed by atoms with van der Waals surface area (Å²) in [5.74, 6) is -0.241. The highest BCUT2D eigenvalue weighted by Crippen LogP contribution is 2.24. The van der Waals surface area contributed by atoms with Crippen molar-refractivity contribution in [1.82, 2.24) is 19.6 Å². The SMILES string of the molecule is Cc1cc(OCc2ccc(C(=O)Nc3cnn(C)c3C(=O)Nc3cnn(C)c3C)o2)ccc1[N+](=O)[O-]. The maximum Gasteiger partial charge on any atom is 0.291 e. The first-order valence-electron chi connectivity index (χ1n) is 10.7. The first-order chi connectivity index (χ1) is 17.1. The number of nitrogens with zero attached hydrogens (tertiary/aromatic N) is 5. The monoisotopic (exact) mass is 493 g/mol. The van der Waals surface area contributed by atoms with Crippen molar-refractivity contribution in [2.45, 2.75) is 20.5 Å². The van der Waals surface area contributed by atoms with E-state index in [9.17, 15) is 19.7 Å². The van der Waals surface area contributed by atoms with Gasteiger partial charge < -0.3 is 19.8 Å². The second kappa shape index (κ2) is 9.74. The molecular weight excluding hydrogens is 470 g/mol. The summed E-state index contributed by atoms with van der Waals surface area (Å²) < 4.78 is 14.2. The van der Waals surface area contributed by atoms with Gasteiger partial charge >= 0.3 is 0 Å². The van der Waals surface area contributed by atoms with Gasteiger partial charge in [-0.3, -0.25) is 29.1 Å². The van der Waals surface area contributed by atoms with Gasteiger partial charge in [0.15, 0.2) is 5.76 Å². The van der Waals surface area contributed by atoms with Crippen LogP contribution in [0.1, 0.15) is 38.1 Å². The molecule has 4 rings (SSSR count). The van der Waals surface area contributed by atoms with Gasteiger partial charge in [0.05, 0.1) is 34.4 Å². The van der Waals surface area contributed by atoms with Gasteiger partial charge in [-0.15, -0.1) is 0 Å². The van der Waals surface area contributed by atoms with Gasteiger partial charge in [0.2, 0.25) is 0 Å². The Hall–Kier alpha value is -4.94. The molecule has 1 aromatic carbocycles. The zero-order valence-electron chi connectivity index (χ0n) is 19.9. The van der Waals surface area contributed by atoms with Crippen LogP contribution in [0, 0.1) is 24.0 Å². The zero-order chi connectivity index (χ0) is 26.0. The third-order valence-corrected chi connectivity index (χ3v) is 5.52. The zero-order valence-corrected chi connectivity index (χ0v) is 19.9. The molecule has 0 saturated carbocycles. The number of furan rings is 1. The van der Waals surface area contributed by atoms with Crippen molar-refractivity contribution in [3.63, 3.8) is 0 Å². The fraction of sp³-hybridized carbons (Fsp3) is 0.217. The molecule has 0 aliphatic carbocycles. The van der Waals surface area contributed by atoms with Crippen molar-refractivity contribution in [2.24, 2.45) is 14.1 Å². The lowest BCUT2D eigenvalue weighted by Crippen LogP contribution is -2.20.